The van der Waals surface area contributed by atoms with Crippen molar-refractivity contribution >= 4 is 39.5 Å². The number of nitrogen functional groups attached to an aromatic ring is 1. The third kappa shape index (κ3) is 3.58. The van der Waals surface area contributed by atoms with E-state index in [9.17, 15) is 9.90 Å². The number of nitrogens with zero attached hydrogens (tertiary/aromatic N) is 4. The first-order valence-electron chi connectivity index (χ1n) is 9.61. The molecule has 29 heavy (non-hydrogen) atoms. The zero-order valence-electron chi connectivity index (χ0n) is 16.8. The number of imidazole rings is 1. The second-order valence-corrected chi connectivity index (χ2v) is 7.73. The lowest BCUT2D eigenvalue weighted by Crippen LogP contribution is -2.27. The third-order valence-electron chi connectivity index (χ3n) is 4.82. The third-order valence-corrected chi connectivity index (χ3v) is 4.82. The molecule has 2 aromatic heterocycles. The van der Waals surface area contributed by atoms with Crippen LogP contribution in [0.3, 0.4) is 0 Å². The maximum atomic E-state index is 11.9. The molecule has 0 atom stereocenters. The molecule has 0 aliphatic carbocycles. The molecule has 154 valence electrons. The number of amides is 1. The summed E-state index contributed by atoms with van der Waals surface area (Å²) in [7, 11) is 0. The first-order valence-corrected chi connectivity index (χ1v) is 9.61. The van der Waals surface area contributed by atoms with Crippen LogP contribution in [0.15, 0.2) is 18.2 Å². The van der Waals surface area contributed by atoms with Crippen LogP contribution in [0.4, 0.5) is 16.3 Å². The molecule has 3 heterocycles. The Balaban J connectivity index is 1.93. The summed E-state index contributed by atoms with van der Waals surface area (Å²) in [6.07, 6.45) is -0.371. The summed E-state index contributed by atoms with van der Waals surface area (Å²) in [5, 5.41) is 11.3. The minimum atomic E-state index is -0.960. The lowest BCUT2D eigenvalue weighted by atomic mass is 10.1. The molecule has 0 radical (unpaired) electrons. The highest BCUT2D eigenvalue weighted by molar-refractivity contribution is 6.08. The monoisotopic (exact) mass is 399 g/mol. The summed E-state index contributed by atoms with van der Waals surface area (Å²) in [4.78, 5) is 22.6. The standard InChI is InChI=1S/C20H25N5O4/c1-4-28-10-15-23-16-17(25(15)11-20(2,3)27)13-6-5-12(9-14(13)22-18(16)21)24-7-8-29-19(24)26/h5-6,9,27H,4,7-8,10-11H2,1-3H3,(H2,21,22). The van der Waals surface area contributed by atoms with E-state index in [1.807, 2.05) is 29.7 Å². The van der Waals surface area contributed by atoms with Gasteiger partial charge in [0.15, 0.2) is 5.82 Å². The summed E-state index contributed by atoms with van der Waals surface area (Å²) in [6, 6.07) is 5.58. The number of rotatable bonds is 6. The second kappa shape index (κ2) is 7.16. The highest BCUT2D eigenvalue weighted by atomic mass is 16.6. The summed E-state index contributed by atoms with van der Waals surface area (Å²) in [5.74, 6) is 0.970. The zero-order chi connectivity index (χ0) is 20.8. The number of ether oxygens (including phenoxy) is 2. The highest BCUT2D eigenvalue weighted by Gasteiger charge is 2.26. The van der Waals surface area contributed by atoms with Crippen molar-refractivity contribution in [3.63, 3.8) is 0 Å². The number of hydrogen-bond donors (Lipinski definition) is 2. The van der Waals surface area contributed by atoms with E-state index in [2.05, 4.69) is 9.97 Å². The molecule has 1 amide bonds. The molecule has 0 spiro atoms. The molecule has 1 aromatic carbocycles. The van der Waals surface area contributed by atoms with Crippen LogP contribution < -0.4 is 10.6 Å². The number of fused-ring (bicyclic) bond motifs is 3. The average Bonchev–Trinajstić information content (AvgIpc) is 3.23. The van der Waals surface area contributed by atoms with Gasteiger partial charge < -0.3 is 24.9 Å². The van der Waals surface area contributed by atoms with Gasteiger partial charge in [0, 0.05) is 17.7 Å². The number of carbonyl (C=O) groups is 1. The number of cyclic esters (lactones) is 1. The SMILES string of the molecule is CCOCc1nc2c(N)nc3cc(N4CCOC4=O)ccc3c2n1CC(C)(C)O. The Morgan fingerprint density at radius 1 is 1.34 bits per heavy atom. The van der Waals surface area contributed by atoms with Crippen molar-refractivity contribution in [1.29, 1.82) is 0 Å². The molecule has 9 nitrogen and oxygen atoms in total. The van der Waals surface area contributed by atoms with E-state index in [4.69, 9.17) is 15.2 Å². The smallest absolute Gasteiger partial charge is 0.414 e. The molecular weight excluding hydrogens is 374 g/mol. The van der Waals surface area contributed by atoms with Crippen molar-refractivity contribution < 1.29 is 19.4 Å². The fraction of sp³-hybridized carbons (Fsp3) is 0.450. The van der Waals surface area contributed by atoms with Crippen LogP contribution in [0.2, 0.25) is 0 Å². The molecule has 9 heteroatoms. The molecule has 1 fully saturated rings. The van der Waals surface area contributed by atoms with Crippen molar-refractivity contribution in [3.05, 3.63) is 24.0 Å². The maximum absolute atomic E-state index is 11.9. The summed E-state index contributed by atoms with van der Waals surface area (Å²) in [6.45, 7) is 7.45. The zero-order valence-corrected chi connectivity index (χ0v) is 16.8. The Bertz CT molecular complexity index is 1090. The van der Waals surface area contributed by atoms with Crippen molar-refractivity contribution in [3.8, 4) is 0 Å². The number of pyridine rings is 1. The van der Waals surface area contributed by atoms with Crippen molar-refractivity contribution in [2.75, 3.05) is 30.4 Å². The number of benzene rings is 1. The second-order valence-electron chi connectivity index (χ2n) is 7.73. The van der Waals surface area contributed by atoms with Crippen LogP contribution in [0.1, 0.15) is 26.6 Å². The molecule has 1 aliphatic rings. The highest BCUT2D eigenvalue weighted by Crippen LogP contribution is 2.33. The van der Waals surface area contributed by atoms with Gasteiger partial charge in [-0.05, 0) is 39.0 Å². The topological polar surface area (TPSA) is 116 Å². The van der Waals surface area contributed by atoms with E-state index in [1.165, 1.54) is 0 Å². The van der Waals surface area contributed by atoms with Crippen molar-refractivity contribution in [2.45, 2.75) is 39.5 Å². The van der Waals surface area contributed by atoms with Crippen LogP contribution >= 0.6 is 0 Å². The normalized spacial score (nSPS) is 14.9. The predicted octanol–water partition coefficient (Wildman–Crippen LogP) is 2.43. The number of carbonyl (C=O) groups excluding carboxylic acids is 1. The van der Waals surface area contributed by atoms with Gasteiger partial charge in [-0.25, -0.2) is 14.8 Å². The van der Waals surface area contributed by atoms with Gasteiger partial charge in [0.2, 0.25) is 0 Å². The fourth-order valence-electron chi connectivity index (χ4n) is 3.60. The Hall–Kier alpha value is -2.91. The molecule has 0 bridgehead atoms. The molecular formula is C20H25N5O4. The first kappa shape index (κ1) is 19.4. The minimum absolute atomic E-state index is 0.292. The number of nitrogens with two attached hydrogens (primary N) is 1. The summed E-state index contributed by atoms with van der Waals surface area (Å²) < 4.78 is 12.5. The Kier molecular flexibility index (Phi) is 4.79. The van der Waals surface area contributed by atoms with Gasteiger partial charge in [-0.2, -0.15) is 0 Å². The van der Waals surface area contributed by atoms with Gasteiger partial charge in [-0.15, -0.1) is 0 Å². The van der Waals surface area contributed by atoms with Gasteiger partial charge in [0.25, 0.3) is 0 Å². The lowest BCUT2D eigenvalue weighted by molar-refractivity contribution is 0.0582. The molecule has 3 aromatic rings. The number of anilines is 2. The molecule has 0 saturated carbocycles. The van der Waals surface area contributed by atoms with Gasteiger partial charge in [0.1, 0.15) is 24.6 Å². The van der Waals surface area contributed by atoms with Crippen LogP contribution in [0, 0.1) is 0 Å². The number of hydrogen-bond acceptors (Lipinski definition) is 7. The van der Waals surface area contributed by atoms with Gasteiger partial charge in [0.05, 0.1) is 29.7 Å². The van der Waals surface area contributed by atoms with Crippen molar-refractivity contribution in [2.24, 2.45) is 0 Å². The quantitative estimate of drug-likeness (QED) is 0.654. The molecule has 4 rings (SSSR count). The lowest BCUT2D eigenvalue weighted by Gasteiger charge is -2.21. The Morgan fingerprint density at radius 3 is 2.79 bits per heavy atom. The molecule has 0 unspecified atom stereocenters. The largest absolute Gasteiger partial charge is 0.447 e. The van der Waals surface area contributed by atoms with Crippen LogP contribution in [0.25, 0.3) is 21.9 Å². The maximum Gasteiger partial charge on any atom is 0.414 e. The molecule has 3 N–H and O–H groups in total. The van der Waals surface area contributed by atoms with E-state index in [1.54, 1.807) is 18.7 Å². The predicted molar refractivity (Wildman–Crippen MR) is 110 cm³/mol. The average molecular weight is 399 g/mol. The minimum Gasteiger partial charge on any atom is -0.447 e. The number of aromatic nitrogens is 3. The van der Waals surface area contributed by atoms with Crippen LogP contribution in [-0.2, 0) is 22.6 Å². The summed E-state index contributed by atoms with van der Waals surface area (Å²) in [5.41, 5.74) is 7.99. The molecule has 1 aliphatic heterocycles. The number of aliphatic hydroxyl groups is 1. The van der Waals surface area contributed by atoms with Crippen molar-refractivity contribution in [1.82, 2.24) is 14.5 Å². The van der Waals surface area contributed by atoms with Crippen LogP contribution in [0.5, 0.6) is 0 Å². The van der Waals surface area contributed by atoms with E-state index in [0.717, 1.165) is 10.9 Å². The van der Waals surface area contributed by atoms with E-state index in [0.29, 0.717) is 61.3 Å². The van der Waals surface area contributed by atoms with Gasteiger partial charge >= 0.3 is 6.09 Å². The molecule has 1 saturated heterocycles. The fourth-order valence-corrected chi connectivity index (χ4v) is 3.60. The Morgan fingerprint density at radius 2 is 2.14 bits per heavy atom. The van der Waals surface area contributed by atoms with Gasteiger partial charge in [-0.1, -0.05) is 0 Å². The van der Waals surface area contributed by atoms with E-state index >= 15 is 0 Å². The van der Waals surface area contributed by atoms with Gasteiger partial charge in [-0.3, -0.25) is 4.90 Å². The van der Waals surface area contributed by atoms with E-state index in [-0.39, 0.29) is 6.09 Å². The summed E-state index contributed by atoms with van der Waals surface area (Å²) >= 11 is 0. The van der Waals surface area contributed by atoms with Crippen LogP contribution in [-0.4, -0.2) is 51.1 Å². The van der Waals surface area contributed by atoms with E-state index < -0.39 is 5.60 Å². The first-order chi connectivity index (χ1) is 13.8. The Labute approximate surface area is 168 Å².